The number of likely N-dealkylation sites (N-methyl/N-ethyl adjacent to an activating group) is 4. The van der Waals surface area contributed by atoms with Crippen LogP contribution in [0.4, 0.5) is 0 Å². The van der Waals surface area contributed by atoms with E-state index in [0.717, 1.165) is 65.4 Å². The van der Waals surface area contributed by atoms with Gasteiger partial charge in [0.05, 0.1) is 12.1 Å². The van der Waals surface area contributed by atoms with Gasteiger partial charge in [0.1, 0.15) is 0 Å². The molecule has 0 aromatic rings. The van der Waals surface area contributed by atoms with Crippen LogP contribution in [0.15, 0.2) is 0 Å². The Bertz CT molecular complexity index is 331. The van der Waals surface area contributed by atoms with Gasteiger partial charge in [0, 0.05) is 39.3 Å². The number of ketones is 1. The molecule has 0 aromatic heterocycles. The lowest BCUT2D eigenvalue weighted by Crippen LogP contribution is -2.64. The molecule has 5 nitrogen and oxygen atoms in total. The summed E-state index contributed by atoms with van der Waals surface area (Å²) in [5, 5.41) is 0. The summed E-state index contributed by atoms with van der Waals surface area (Å²) in [4.78, 5) is 22.9. The van der Waals surface area contributed by atoms with Crippen LogP contribution < -0.4 is 0 Å². The van der Waals surface area contributed by atoms with Crippen LogP contribution in [0.2, 0.25) is 0 Å². The molecule has 0 spiro atoms. The van der Waals surface area contributed by atoms with Crippen LogP contribution in [-0.2, 0) is 4.79 Å². The highest BCUT2D eigenvalue weighted by molar-refractivity contribution is 5.89. The molecule has 2 rings (SSSR count). The van der Waals surface area contributed by atoms with Gasteiger partial charge in [-0.05, 0) is 26.2 Å². The summed E-state index contributed by atoms with van der Waals surface area (Å²) >= 11 is 0. The molecule has 2 saturated heterocycles. The predicted molar refractivity (Wildman–Crippen MR) is 91.3 cm³/mol. The lowest BCUT2D eigenvalue weighted by atomic mass is 9.97. The van der Waals surface area contributed by atoms with Gasteiger partial charge in [0.2, 0.25) is 0 Å². The highest BCUT2D eigenvalue weighted by Gasteiger charge is 2.39. The number of piperazine rings is 2. The Morgan fingerprint density at radius 2 is 1.14 bits per heavy atom. The predicted octanol–water partition coefficient (Wildman–Crippen LogP) is 0.608. The van der Waals surface area contributed by atoms with Crippen molar-refractivity contribution in [3.8, 4) is 0 Å². The van der Waals surface area contributed by atoms with Crippen LogP contribution in [0.5, 0.6) is 0 Å². The zero-order chi connectivity index (χ0) is 16.1. The highest BCUT2D eigenvalue weighted by atomic mass is 16.1. The first kappa shape index (κ1) is 17.9. The number of carbonyl (C=O) groups is 1. The Balaban J connectivity index is 2.11. The molecule has 2 aliphatic heterocycles. The summed E-state index contributed by atoms with van der Waals surface area (Å²) in [6.07, 6.45) is 0. The summed E-state index contributed by atoms with van der Waals surface area (Å²) in [7, 11) is 0. The lowest BCUT2D eigenvalue weighted by Gasteiger charge is -2.45. The number of hydrogen-bond donors (Lipinski definition) is 0. The number of carbonyl (C=O) groups excluding carboxylic acids is 1. The molecule has 0 saturated carbocycles. The van der Waals surface area contributed by atoms with Crippen molar-refractivity contribution in [3.63, 3.8) is 0 Å². The molecule has 0 aromatic carbocycles. The normalized spacial score (nSPS) is 29.8. The molecule has 2 unspecified atom stereocenters. The topological polar surface area (TPSA) is 30.0 Å². The average molecular weight is 310 g/mol. The minimum atomic E-state index is 0.0783. The second-order valence-electron chi connectivity index (χ2n) is 6.48. The van der Waals surface area contributed by atoms with E-state index in [1.54, 1.807) is 0 Å². The maximum Gasteiger partial charge on any atom is 0.169 e. The van der Waals surface area contributed by atoms with Crippen LogP contribution in [0.1, 0.15) is 27.7 Å². The molecule has 2 aliphatic rings. The van der Waals surface area contributed by atoms with Gasteiger partial charge in [0.25, 0.3) is 0 Å². The van der Waals surface area contributed by atoms with Gasteiger partial charge in [-0.3, -0.25) is 14.6 Å². The molecule has 0 N–H and O–H groups in total. The fourth-order valence-electron chi connectivity index (χ4n) is 3.85. The van der Waals surface area contributed by atoms with Crippen molar-refractivity contribution in [2.75, 3.05) is 65.4 Å². The monoisotopic (exact) mass is 310 g/mol. The van der Waals surface area contributed by atoms with Gasteiger partial charge in [-0.1, -0.05) is 27.7 Å². The Morgan fingerprint density at radius 3 is 1.45 bits per heavy atom. The molecule has 5 heteroatoms. The first-order chi connectivity index (χ1) is 10.6. The van der Waals surface area contributed by atoms with E-state index in [4.69, 9.17) is 0 Å². The zero-order valence-electron chi connectivity index (χ0n) is 14.9. The fraction of sp³-hybridized carbons (Fsp3) is 0.941. The van der Waals surface area contributed by atoms with E-state index < -0.39 is 0 Å². The number of rotatable bonds is 6. The largest absolute Gasteiger partial charge is 0.300 e. The van der Waals surface area contributed by atoms with Crippen LogP contribution in [0, 0.1) is 0 Å². The first-order valence-corrected chi connectivity index (χ1v) is 9.11. The lowest BCUT2D eigenvalue weighted by molar-refractivity contribution is -0.134. The van der Waals surface area contributed by atoms with Crippen LogP contribution in [0.3, 0.4) is 0 Å². The second kappa shape index (κ2) is 8.39. The SMILES string of the molecule is CCN1CCN(CC)C(C(=O)C2CN(CC)CCN2CC)C1. The fourth-order valence-corrected chi connectivity index (χ4v) is 3.85. The summed E-state index contributed by atoms with van der Waals surface area (Å²) in [6, 6.07) is 0.157. The van der Waals surface area contributed by atoms with Crippen LogP contribution in [0.25, 0.3) is 0 Å². The Labute approximate surface area is 136 Å². The average Bonchev–Trinajstić information content (AvgIpc) is 2.59. The molecule has 2 fully saturated rings. The molecule has 22 heavy (non-hydrogen) atoms. The molecular weight excluding hydrogens is 276 g/mol. The van der Waals surface area contributed by atoms with Gasteiger partial charge < -0.3 is 9.80 Å². The van der Waals surface area contributed by atoms with E-state index in [2.05, 4.69) is 47.3 Å². The van der Waals surface area contributed by atoms with Gasteiger partial charge in [-0.15, -0.1) is 0 Å². The third-order valence-electron chi connectivity index (χ3n) is 5.51. The van der Waals surface area contributed by atoms with Gasteiger partial charge in [-0.2, -0.15) is 0 Å². The maximum absolute atomic E-state index is 13.3. The second-order valence-corrected chi connectivity index (χ2v) is 6.48. The smallest absolute Gasteiger partial charge is 0.169 e. The number of Topliss-reactive ketones (excluding diaryl/α,β-unsaturated/α-hetero) is 1. The summed E-state index contributed by atoms with van der Waals surface area (Å²) < 4.78 is 0. The maximum atomic E-state index is 13.3. The summed E-state index contributed by atoms with van der Waals surface area (Å²) in [5.41, 5.74) is 0. The van der Waals surface area contributed by atoms with Crippen LogP contribution in [-0.4, -0.2) is 103 Å². The van der Waals surface area contributed by atoms with E-state index >= 15 is 0 Å². The molecule has 0 radical (unpaired) electrons. The minimum Gasteiger partial charge on any atom is -0.300 e. The van der Waals surface area contributed by atoms with Crippen molar-refractivity contribution in [2.45, 2.75) is 39.8 Å². The van der Waals surface area contributed by atoms with E-state index in [9.17, 15) is 4.79 Å². The highest BCUT2D eigenvalue weighted by Crippen LogP contribution is 2.17. The Hall–Kier alpha value is -0.490. The molecule has 0 aliphatic carbocycles. The van der Waals surface area contributed by atoms with E-state index in [0.29, 0.717) is 5.78 Å². The Morgan fingerprint density at radius 1 is 0.727 bits per heavy atom. The van der Waals surface area contributed by atoms with Crippen molar-refractivity contribution in [1.82, 2.24) is 19.6 Å². The van der Waals surface area contributed by atoms with E-state index in [1.807, 2.05) is 0 Å². The first-order valence-electron chi connectivity index (χ1n) is 9.11. The Kier molecular flexibility index (Phi) is 6.81. The zero-order valence-corrected chi connectivity index (χ0v) is 14.9. The van der Waals surface area contributed by atoms with Crippen molar-refractivity contribution in [1.29, 1.82) is 0 Å². The molecule has 128 valence electrons. The third kappa shape index (κ3) is 3.88. The van der Waals surface area contributed by atoms with Crippen molar-refractivity contribution in [3.05, 3.63) is 0 Å². The molecule has 2 heterocycles. The quantitative estimate of drug-likeness (QED) is 0.717. The molecule has 0 bridgehead atoms. The van der Waals surface area contributed by atoms with Crippen molar-refractivity contribution >= 4 is 5.78 Å². The summed E-state index contributed by atoms with van der Waals surface area (Å²) in [5.74, 6) is 0.444. The van der Waals surface area contributed by atoms with E-state index in [-0.39, 0.29) is 12.1 Å². The van der Waals surface area contributed by atoms with E-state index in [1.165, 1.54) is 0 Å². The molecule has 2 atom stereocenters. The number of nitrogens with zero attached hydrogens (tertiary/aromatic N) is 4. The van der Waals surface area contributed by atoms with Crippen molar-refractivity contribution in [2.24, 2.45) is 0 Å². The van der Waals surface area contributed by atoms with Gasteiger partial charge in [0.15, 0.2) is 5.78 Å². The third-order valence-corrected chi connectivity index (χ3v) is 5.51. The summed E-state index contributed by atoms with van der Waals surface area (Å²) in [6.45, 7) is 18.8. The van der Waals surface area contributed by atoms with Gasteiger partial charge >= 0.3 is 0 Å². The standard InChI is InChI=1S/C17H34N4O/c1-5-18-9-11-20(7-3)15(13-18)17(22)16-14-19(6-2)10-12-21(16)8-4/h15-16H,5-14H2,1-4H3. The molecular formula is C17H34N4O. The minimum absolute atomic E-state index is 0.0783. The number of hydrogen-bond acceptors (Lipinski definition) is 5. The van der Waals surface area contributed by atoms with Gasteiger partial charge in [-0.25, -0.2) is 0 Å². The van der Waals surface area contributed by atoms with Crippen molar-refractivity contribution < 1.29 is 4.79 Å². The molecule has 0 amide bonds. The van der Waals surface area contributed by atoms with Crippen LogP contribution >= 0.6 is 0 Å².